The zero-order chi connectivity index (χ0) is 19.3. The van der Waals surface area contributed by atoms with Gasteiger partial charge in [-0.3, -0.25) is 9.59 Å². The molecule has 0 aliphatic rings. The minimum absolute atomic E-state index is 0.0145. The zero-order valence-corrected chi connectivity index (χ0v) is 15.9. The topological polar surface area (TPSA) is 113 Å². The molecule has 0 bridgehead atoms. The highest BCUT2D eigenvalue weighted by molar-refractivity contribution is 7.89. The van der Waals surface area contributed by atoms with Crippen LogP contribution in [0.15, 0.2) is 29.2 Å². The van der Waals surface area contributed by atoms with E-state index < -0.39 is 33.5 Å². The van der Waals surface area contributed by atoms with Gasteiger partial charge in [-0.2, -0.15) is 4.72 Å². The van der Waals surface area contributed by atoms with Gasteiger partial charge >= 0.3 is 5.97 Å². The number of benzene rings is 1. The molecule has 3 N–H and O–H groups in total. The van der Waals surface area contributed by atoms with E-state index in [-0.39, 0.29) is 11.3 Å². The molecule has 140 valence electrons. The Labute approximate surface area is 152 Å². The van der Waals surface area contributed by atoms with Crippen molar-refractivity contribution in [1.82, 2.24) is 10.0 Å². The van der Waals surface area contributed by atoms with E-state index in [2.05, 4.69) is 10.0 Å². The number of rotatable bonds is 9. The second-order valence-electron chi connectivity index (χ2n) is 5.84. The number of aliphatic carboxylic acids is 1. The molecule has 0 spiro atoms. The number of hydrogen-bond donors (Lipinski definition) is 3. The molecule has 1 aromatic rings. The van der Waals surface area contributed by atoms with Gasteiger partial charge < -0.3 is 10.4 Å². The van der Waals surface area contributed by atoms with Gasteiger partial charge in [0.25, 0.3) is 0 Å². The van der Waals surface area contributed by atoms with Gasteiger partial charge in [0.1, 0.15) is 0 Å². The Morgan fingerprint density at radius 2 is 1.72 bits per heavy atom. The third-order valence-corrected chi connectivity index (χ3v) is 5.89. The van der Waals surface area contributed by atoms with Gasteiger partial charge in [-0.15, -0.1) is 0 Å². The van der Waals surface area contributed by atoms with Crippen LogP contribution >= 0.6 is 11.6 Å². The fourth-order valence-electron chi connectivity index (χ4n) is 2.35. The Balaban J connectivity index is 2.88. The van der Waals surface area contributed by atoms with Gasteiger partial charge in [0.2, 0.25) is 15.9 Å². The quantitative estimate of drug-likeness (QED) is 0.598. The molecular formula is C16H23ClN2O5S. The largest absolute Gasteiger partial charge is 0.481 e. The van der Waals surface area contributed by atoms with E-state index in [1.54, 1.807) is 13.8 Å². The summed E-state index contributed by atoms with van der Waals surface area (Å²) in [4.78, 5) is 23.4. The van der Waals surface area contributed by atoms with E-state index in [9.17, 15) is 18.0 Å². The fraction of sp³-hybridized carbons (Fsp3) is 0.500. The molecule has 0 aliphatic carbocycles. The van der Waals surface area contributed by atoms with Crippen LogP contribution in [0.1, 0.15) is 40.0 Å². The van der Waals surface area contributed by atoms with Crippen molar-refractivity contribution < 1.29 is 23.1 Å². The summed E-state index contributed by atoms with van der Waals surface area (Å²) in [5.74, 6) is -1.61. The number of carbonyl (C=O) groups excluding carboxylic acids is 1. The maximum absolute atomic E-state index is 12.4. The molecule has 1 rings (SSSR count). The summed E-state index contributed by atoms with van der Waals surface area (Å²) in [6.07, 6.45) is 0.596. The van der Waals surface area contributed by atoms with Gasteiger partial charge in [0.05, 0.1) is 22.9 Å². The summed E-state index contributed by atoms with van der Waals surface area (Å²) >= 11 is 5.74. The number of sulfonamides is 1. The smallest absolute Gasteiger partial charge is 0.305 e. The number of halogens is 1. The van der Waals surface area contributed by atoms with Crippen molar-refractivity contribution in [2.75, 3.05) is 0 Å². The van der Waals surface area contributed by atoms with E-state index in [1.165, 1.54) is 31.2 Å². The van der Waals surface area contributed by atoms with Crippen molar-refractivity contribution in [3.05, 3.63) is 29.3 Å². The number of carboxylic acids is 1. The molecule has 1 atom stereocenters. The molecule has 7 nitrogen and oxygen atoms in total. The Hall–Kier alpha value is -1.64. The van der Waals surface area contributed by atoms with Crippen LogP contribution in [0.4, 0.5) is 0 Å². The average molecular weight is 391 g/mol. The first-order valence-corrected chi connectivity index (χ1v) is 9.73. The van der Waals surface area contributed by atoms with E-state index in [1.807, 2.05) is 0 Å². The van der Waals surface area contributed by atoms with E-state index in [4.69, 9.17) is 16.7 Å². The molecule has 1 amide bonds. The third-order valence-electron chi connectivity index (χ3n) is 4.08. The molecule has 0 aliphatic heterocycles. The van der Waals surface area contributed by atoms with Gasteiger partial charge in [-0.05, 0) is 44.0 Å². The molecule has 9 heteroatoms. The molecular weight excluding hydrogens is 368 g/mol. The van der Waals surface area contributed by atoms with Crippen molar-refractivity contribution >= 4 is 33.5 Å². The number of carboxylic acid groups (broad SMARTS) is 1. The van der Waals surface area contributed by atoms with E-state index >= 15 is 0 Å². The standard InChI is InChI=1S/C16H23ClN2O5S/c1-4-16(5-2,10-14(20)21)18-15(22)11(3)19-25(23,24)13-8-6-12(17)7-9-13/h6-9,11,19H,4-5,10H2,1-3H3,(H,18,22)(H,20,21). The fourth-order valence-corrected chi connectivity index (χ4v) is 3.68. The molecule has 0 saturated heterocycles. The monoisotopic (exact) mass is 390 g/mol. The van der Waals surface area contributed by atoms with Crippen LogP contribution in [0, 0.1) is 0 Å². The molecule has 0 heterocycles. The van der Waals surface area contributed by atoms with Crippen molar-refractivity contribution in [3.63, 3.8) is 0 Å². The average Bonchev–Trinajstić information content (AvgIpc) is 2.53. The molecule has 25 heavy (non-hydrogen) atoms. The number of carbonyl (C=O) groups is 2. The zero-order valence-electron chi connectivity index (χ0n) is 14.4. The predicted molar refractivity (Wildman–Crippen MR) is 94.9 cm³/mol. The summed E-state index contributed by atoms with van der Waals surface area (Å²) in [7, 11) is -3.90. The molecule has 1 aromatic carbocycles. The predicted octanol–water partition coefficient (Wildman–Crippen LogP) is 2.16. The van der Waals surface area contributed by atoms with Crippen LogP contribution in [0.25, 0.3) is 0 Å². The second kappa shape index (κ2) is 8.64. The van der Waals surface area contributed by atoms with E-state index in [0.717, 1.165) is 0 Å². The summed E-state index contributed by atoms with van der Waals surface area (Å²) in [5, 5.41) is 12.1. The molecule has 0 radical (unpaired) electrons. The van der Waals surface area contributed by atoms with Crippen molar-refractivity contribution in [2.45, 2.75) is 56.5 Å². The van der Waals surface area contributed by atoms with Crippen molar-refractivity contribution in [3.8, 4) is 0 Å². The summed E-state index contributed by atoms with van der Waals surface area (Å²) in [5.41, 5.74) is -0.914. The minimum Gasteiger partial charge on any atom is -0.481 e. The van der Waals surface area contributed by atoms with Crippen LogP contribution in [0.5, 0.6) is 0 Å². The Morgan fingerprint density at radius 1 is 1.20 bits per heavy atom. The van der Waals surface area contributed by atoms with Gasteiger partial charge in [-0.1, -0.05) is 25.4 Å². The molecule has 0 aromatic heterocycles. The summed E-state index contributed by atoms with van der Waals surface area (Å²) < 4.78 is 26.9. The van der Waals surface area contributed by atoms with Crippen LogP contribution in [0.3, 0.4) is 0 Å². The van der Waals surface area contributed by atoms with Crippen LogP contribution < -0.4 is 10.0 Å². The highest BCUT2D eigenvalue weighted by Crippen LogP contribution is 2.20. The number of hydrogen-bond acceptors (Lipinski definition) is 4. The molecule has 1 unspecified atom stereocenters. The van der Waals surface area contributed by atoms with Crippen molar-refractivity contribution in [1.29, 1.82) is 0 Å². The first-order chi connectivity index (χ1) is 11.5. The third kappa shape index (κ3) is 5.98. The lowest BCUT2D eigenvalue weighted by Gasteiger charge is -2.32. The minimum atomic E-state index is -3.90. The first kappa shape index (κ1) is 21.4. The Bertz CT molecular complexity index is 715. The maximum atomic E-state index is 12.4. The molecule has 0 fully saturated rings. The Kier molecular flexibility index (Phi) is 7.40. The van der Waals surface area contributed by atoms with Gasteiger partial charge in [-0.25, -0.2) is 8.42 Å². The number of nitrogens with one attached hydrogen (secondary N) is 2. The lowest BCUT2D eigenvalue weighted by atomic mass is 9.88. The first-order valence-electron chi connectivity index (χ1n) is 7.87. The molecule has 0 saturated carbocycles. The Morgan fingerprint density at radius 3 is 2.16 bits per heavy atom. The van der Waals surface area contributed by atoms with Gasteiger partial charge in [0, 0.05) is 5.02 Å². The van der Waals surface area contributed by atoms with E-state index in [0.29, 0.717) is 17.9 Å². The van der Waals surface area contributed by atoms with Crippen LogP contribution in [0.2, 0.25) is 5.02 Å². The highest BCUT2D eigenvalue weighted by atomic mass is 35.5. The SMILES string of the molecule is CCC(CC)(CC(=O)O)NC(=O)C(C)NS(=O)(=O)c1ccc(Cl)cc1. The van der Waals surface area contributed by atoms with Crippen LogP contribution in [-0.2, 0) is 19.6 Å². The highest BCUT2D eigenvalue weighted by Gasteiger charge is 2.33. The van der Waals surface area contributed by atoms with Crippen LogP contribution in [-0.4, -0.2) is 37.0 Å². The maximum Gasteiger partial charge on any atom is 0.305 e. The summed E-state index contributed by atoms with van der Waals surface area (Å²) in [6, 6.07) is 4.48. The van der Waals surface area contributed by atoms with Crippen molar-refractivity contribution in [2.24, 2.45) is 0 Å². The number of amides is 1. The second-order valence-corrected chi connectivity index (χ2v) is 7.99. The lowest BCUT2D eigenvalue weighted by molar-refractivity contribution is -0.139. The normalized spacial score (nSPS) is 13.3. The lowest BCUT2D eigenvalue weighted by Crippen LogP contribution is -2.55. The summed E-state index contributed by atoms with van der Waals surface area (Å²) in [6.45, 7) is 4.95. The van der Waals surface area contributed by atoms with Gasteiger partial charge in [0.15, 0.2) is 0 Å².